The second kappa shape index (κ2) is 6.52. The highest BCUT2D eigenvalue weighted by Crippen LogP contribution is 2.19. The smallest absolute Gasteiger partial charge is 0.224 e. The highest BCUT2D eigenvalue weighted by atomic mass is 16.2. The number of amides is 1. The molecular weight excluding hydrogens is 264 g/mol. The highest BCUT2D eigenvalue weighted by Gasteiger charge is 2.15. The van der Waals surface area contributed by atoms with Gasteiger partial charge in [-0.15, -0.1) is 0 Å². The summed E-state index contributed by atoms with van der Waals surface area (Å²) in [6.45, 7) is 2.46. The van der Waals surface area contributed by atoms with Crippen molar-refractivity contribution in [2.24, 2.45) is 0 Å². The highest BCUT2D eigenvalue weighted by molar-refractivity contribution is 5.90. The summed E-state index contributed by atoms with van der Waals surface area (Å²) in [6.07, 6.45) is 5.76. The summed E-state index contributed by atoms with van der Waals surface area (Å²) in [6, 6.07) is 7.87. The maximum Gasteiger partial charge on any atom is 0.224 e. The Morgan fingerprint density at radius 3 is 2.86 bits per heavy atom. The van der Waals surface area contributed by atoms with Gasteiger partial charge in [0.2, 0.25) is 5.91 Å². The zero-order chi connectivity index (χ0) is 14.5. The Kier molecular flexibility index (Phi) is 4.28. The number of hydrogen-bond donors (Lipinski definition) is 1. The van der Waals surface area contributed by atoms with Gasteiger partial charge in [-0.1, -0.05) is 18.2 Å². The molecule has 1 amide bonds. The summed E-state index contributed by atoms with van der Waals surface area (Å²) in [7, 11) is 0. The number of aromatic nitrogens is 2. The second-order valence-corrected chi connectivity index (χ2v) is 5.39. The third-order valence-corrected chi connectivity index (χ3v) is 3.91. The molecule has 0 saturated carbocycles. The van der Waals surface area contributed by atoms with Gasteiger partial charge in [0.15, 0.2) is 0 Å². The van der Waals surface area contributed by atoms with E-state index in [1.54, 1.807) is 6.20 Å². The standard InChI is InChI=1S/C16H20N4O/c21-16(20-10-4-1-5-11-20)8-9-17-15-12-18-19-14-7-3-2-6-13(14)15/h2-3,6-7,12H,1,4-5,8-11H2,(H,17,19). The van der Waals surface area contributed by atoms with Crippen LogP contribution in [0.5, 0.6) is 0 Å². The molecule has 0 aliphatic carbocycles. The van der Waals surface area contributed by atoms with Crippen LogP contribution in [0, 0.1) is 0 Å². The number of rotatable bonds is 4. The molecule has 1 aliphatic rings. The third kappa shape index (κ3) is 3.29. The Labute approximate surface area is 124 Å². The maximum atomic E-state index is 12.1. The summed E-state index contributed by atoms with van der Waals surface area (Å²) in [4.78, 5) is 14.1. The number of fused-ring (bicyclic) bond motifs is 1. The van der Waals surface area contributed by atoms with E-state index in [0.717, 1.165) is 42.5 Å². The van der Waals surface area contributed by atoms with E-state index in [-0.39, 0.29) is 5.91 Å². The molecule has 1 saturated heterocycles. The van der Waals surface area contributed by atoms with Gasteiger partial charge in [0.05, 0.1) is 17.4 Å². The number of carbonyl (C=O) groups excluding carboxylic acids is 1. The summed E-state index contributed by atoms with van der Waals surface area (Å²) >= 11 is 0. The SMILES string of the molecule is O=C(CCNc1cnnc2ccccc12)N1CCCCC1. The zero-order valence-corrected chi connectivity index (χ0v) is 12.1. The summed E-state index contributed by atoms with van der Waals surface area (Å²) < 4.78 is 0. The summed E-state index contributed by atoms with van der Waals surface area (Å²) in [5.74, 6) is 0.244. The van der Waals surface area contributed by atoms with Crippen LogP contribution in [0.2, 0.25) is 0 Å². The van der Waals surface area contributed by atoms with Gasteiger partial charge >= 0.3 is 0 Å². The topological polar surface area (TPSA) is 58.1 Å². The van der Waals surface area contributed by atoms with E-state index in [9.17, 15) is 4.79 Å². The number of hydrogen-bond acceptors (Lipinski definition) is 4. The summed E-state index contributed by atoms with van der Waals surface area (Å²) in [5, 5.41) is 12.4. The number of nitrogens with zero attached hydrogens (tertiary/aromatic N) is 3. The number of likely N-dealkylation sites (tertiary alicyclic amines) is 1. The number of piperidine rings is 1. The molecule has 1 aromatic carbocycles. The molecule has 1 aromatic heterocycles. The molecular formula is C16H20N4O. The predicted molar refractivity (Wildman–Crippen MR) is 83.1 cm³/mol. The van der Waals surface area contributed by atoms with E-state index in [1.165, 1.54) is 6.42 Å². The van der Waals surface area contributed by atoms with Gasteiger partial charge in [-0.05, 0) is 25.3 Å². The van der Waals surface area contributed by atoms with Gasteiger partial charge in [0.25, 0.3) is 0 Å². The quantitative estimate of drug-likeness (QED) is 0.937. The van der Waals surface area contributed by atoms with Crippen molar-refractivity contribution in [3.8, 4) is 0 Å². The number of nitrogens with one attached hydrogen (secondary N) is 1. The fourth-order valence-corrected chi connectivity index (χ4v) is 2.75. The average molecular weight is 284 g/mol. The van der Waals surface area contributed by atoms with Crippen LogP contribution in [0.15, 0.2) is 30.5 Å². The number of benzene rings is 1. The normalized spacial score (nSPS) is 15.1. The number of carbonyl (C=O) groups is 1. The lowest BCUT2D eigenvalue weighted by Crippen LogP contribution is -2.36. The van der Waals surface area contributed by atoms with Crippen molar-refractivity contribution in [2.75, 3.05) is 25.0 Å². The fourth-order valence-electron chi connectivity index (χ4n) is 2.75. The van der Waals surface area contributed by atoms with Crippen molar-refractivity contribution in [3.63, 3.8) is 0 Å². The largest absolute Gasteiger partial charge is 0.383 e. The number of anilines is 1. The zero-order valence-electron chi connectivity index (χ0n) is 12.1. The summed E-state index contributed by atoms with van der Waals surface area (Å²) in [5.41, 5.74) is 1.80. The molecule has 0 bridgehead atoms. The van der Waals surface area contributed by atoms with Gasteiger partial charge in [0.1, 0.15) is 0 Å². The van der Waals surface area contributed by atoms with Crippen molar-refractivity contribution >= 4 is 22.5 Å². The van der Waals surface area contributed by atoms with Gasteiger partial charge < -0.3 is 10.2 Å². The van der Waals surface area contributed by atoms with Gasteiger partial charge in [-0.25, -0.2) is 0 Å². The van der Waals surface area contributed by atoms with E-state index < -0.39 is 0 Å². The van der Waals surface area contributed by atoms with Crippen LogP contribution in [-0.4, -0.2) is 40.6 Å². The fraction of sp³-hybridized carbons (Fsp3) is 0.438. The molecule has 1 fully saturated rings. The molecule has 1 N–H and O–H groups in total. The molecule has 2 heterocycles. The monoisotopic (exact) mass is 284 g/mol. The van der Waals surface area contributed by atoms with Crippen molar-refractivity contribution in [3.05, 3.63) is 30.5 Å². The van der Waals surface area contributed by atoms with Crippen LogP contribution in [-0.2, 0) is 4.79 Å². The van der Waals surface area contributed by atoms with Crippen LogP contribution in [0.25, 0.3) is 10.9 Å². The predicted octanol–water partition coefficient (Wildman–Crippen LogP) is 2.44. The van der Waals surface area contributed by atoms with Crippen LogP contribution in [0.1, 0.15) is 25.7 Å². The minimum Gasteiger partial charge on any atom is -0.383 e. The Balaban J connectivity index is 1.58. The molecule has 0 unspecified atom stereocenters. The third-order valence-electron chi connectivity index (χ3n) is 3.91. The van der Waals surface area contributed by atoms with Crippen LogP contribution in [0.3, 0.4) is 0 Å². The molecule has 5 nitrogen and oxygen atoms in total. The van der Waals surface area contributed by atoms with Crippen molar-refractivity contribution in [1.29, 1.82) is 0 Å². The molecule has 3 rings (SSSR count). The van der Waals surface area contributed by atoms with Crippen molar-refractivity contribution < 1.29 is 4.79 Å². The Morgan fingerprint density at radius 1 is 1.19 bits per heavy atom. The first-order valence-corrected chi connectivity index (χ1v) is 7.57. The maximum absolute atomic E-state index is 12.1. The van der Waals surface area contributed by atoms with E-state index >= 15 is 0 Å². The lowest BCUT2D eigenvalue weighted by Gasteiger charge is -2.26. The molecule has 0 atom stereocenters. The van der Waals surface area contributed by atoms with E-state index in [0.29, 0.717) is 13.0 Å². The van der Waals surface area contributed by atoms with E-state index in [4.69, 9.17) is 0 Å². The lowest BCUT2D eigenvalue weighted by molar-refractivity contribution is -0.131. The van der Waals surface area contributed by atoms with Gasteiger partial charge in [-0.2, -0.15) is 10.2 Å². The molecule has 21 heavy (non-hydrogen) atoms. The van der Waals surface area contributed by atoms with Gasteiger partial charge in [0, 0.05) is 31.4 Å². The Morgan fingerprint density at radius 2 is 2.00 bits per heavy atom. The molecule has 5 heteroatoms. The minimum absolute atomic E-state index is 0.244. The van der Waals surface area contributed by atoms with Crippen molar-refractivity contribution in [1.82, 2.24) is 15.1 Å². The van der Waals surface area contributed by atoms with Crippen molar-refractivity contribution in [2.45, 2.75) is 25.7 Å². The van der Waals surface area contributed by atoms with Crippen LogP contribution < -0.4 is 5.32 Å². The molecule has 0 spiro atoms. The Hall–Kier alpha value is -2.17. The van der Waals surface area contributed by atoms with Crippen LogP contribution >= 0.6 is 0 Å². The Bertz CT molecular complexity index is 617. The first kappa shape index (κ1) is 13.8. The minimum atomic E-state index is 0.244. The second-order valence-electron chi connectivity index (χ2n) is 5.39. The van der Waals surface area contributed by atoms with Crippen LogP contribution in [0.4, 0.5) is 5.69 Å². The lowest BCUT2D eigenvalue weighted by atomic mass is 10.1. The average Bonchev–Trinajstić information content (AvgIpc) is 2.56. The van der Waals surface area contributed by atoms with E-state index in [2.05, 4.69) is 15.5 Å². The molecule has 0 radical (unpaired) electrons. The first-order chi connectivity index (χ1) is 10.3. The molecule has 2 aromatic rings. The van der Waals surface area contributed by atoms with Gasteiger partial charge in [-0.3, -0.25) is 4.79 Å². The molecule has 1 aliphatic heterocycles. The first-order valence-electron chi connectivity index (χ1n) is 7.57. The van der Waals surface area contributed by atoms with E-state index in [1.807, 2.05) is 29.2 Å². The molecule has 110 valence electrons.